The first-order valence-electron chi connectivity index (χ1n) is 5.18. The molecular weight excluding hydrogens is 234 g/mol. The minimum absolute atomic E-state index is 0.458. The van der Waals surface area contributed by atoms with Crippen molar-refractivity contribution in [2.24, 2.45) is 0 Å². The van der Waals surface area contributed by atoms with E-state index in [0.29, 0.717) is 17.2 Å². The van der Waals surface area contributed by atoms with Crippen LogP contribution in [0.2, 0.25) is 0 Å². The molecule has 0 aromatic heterocycles. The van der Waals surface area contributed by atoms with Gasteiger partial charge in [-0.05, 0) is 19.1 Å². The summed E-state index contributed by atoms with van der Waals surface area (Å²) in [6.07, 6.45) is 5.25. The lowest BCUT2D eigenvalue weighted by Gasteiger charge is -2.23. The predicted molar refractivity (Wildman–Crippen MR) is 68.0 cm³/mol. The van der Waals surface area contributed by atoms with E-state index in [0.717, 1.165) is 0 Å². The van der Waals surface area contributed by atoms with Crippen molar-refractivity contribution in [1.82, 2.24) is 0 Å². The highest BCUT2D eigenvalue weighted by atomic mass is 16.5. The Morgan fingerprint density at radius 2 is 2.11 bits per heavy atom. The number of hydrogen-bond acceptors (Lipinski definition) is 4. The number of carboxylic acid groups (broad SMARTS) is 1. The Labute approximate surface area is 106 Å². The topological polar surface area (TPSA) is 67.8 Å². The molecule has 2 N–H and O–H groups in total. The molecule has 1 rings (SSSR count). The maximum absolute atomic E-state index is 11.1. The number of nitrogens with one attached hydrogen (secondary N) is 1. The molecule has 0 radical (unpaired) electrons. The number of carbonyl (C=O) groups is 1. The second-order valence-electron chi connectivity index (χ2n) is 3.77. The highest BCUT2D eigenvalue weighted by Gasteiger charge is 2.31. The second kappa shape index (κ2) is 5.32. The maximum Gasteiger partial charge on any atom is 0.341 e. The Morgan fingerprint density at radius 3 is 2.56 bits per heavy atom. The van der Waals surface area contributed by atoms with E-state index in [1.54, 1.807) is 18.2 Å². The fraction of sp³-hybridized carbons (Fsp3) is 0.308. The van der Waals surface area contributed by atoms with E-state index in [2.05, 4.69) is 11.2 Å². The molecule has 1 atom stereocenters. The second-order valence-corrected chi connectivity index (χ2v) is 3.77. The Morgan fingerprint density at radius 1 is 1.44 bits per heavy atom. The lowest BCUT2D eigenvalue weighted by atomic mass is 10.0. The molecule has 1 aromatic rings. The van der Waals surface area contributed by atoms with E-state index >= 15 is 0 Å². The number of benzene rings is 1. The molecule has 1 aromatic carbocycles. The molecule has 0 heterocycles. The van der Waals surface area contributed by atoms with Crippen LogP contribution in [0.5, 0.6) is 11.5 Å². The zero-order chi connectivity index (χ0) is 13.8. The number of carboxylic acids is 1. The van der Waals surface area contributed by atoms with Crippen molar-refractivity contribution in [1.29, 1.82) is 0 Å². The van der Waals surface area contributed by atoms with Crippen LogP contribution in [0, 0.1) is 12.3 Å². The molecule has 0 aliphatic carbocycles. The first-order chi connectivity index (χ1) is 8.46. The summed E-state index contributed by atoms with van der Waals surface area (Å²) in [4.78, 5) is 11.1. The predicted octanol–water partition coefficient (Wildman–Crippen LogP) is 1.59. The van der Waals surface area contributed by atoms with Crippen molar-refractivity contribution in [2.75, 3.05) is 19.5 Å². The van der Waals surface area contributed by atoms with Gasteiger partial charge in [-0.3, -0.25) is 0 Å². The van der Waals surface area contributed by atoms with Gasteiger partial charge < -0.3 is 19.9 Å². The van der Waals surface area contributed by atoms with Gasteiger partial charge in [0.25, 0.3) is 0 Å². The van der Waals surface area contributed by atoms with Crippen LogP contribution in [0.1, 0.15) is 6.92 Å². The summed E-state index contributed by atoms with van der Waals surface area (Å²) in [6.45, 7) is 1.40. The fourth-order valence-electron chi connectivity index (χ4n) is 1.33. The minimum atomic E-state index is -1.51. The van der Waals surface area contributed by atoms with E-state index in [1.807, 2.05) is 0 Å². The van der Waals surface area contributed by atoms with Crippen molar-refractivity contribution in [2.45, 2.75) is 12.5 Å². The van der Waals surface area contributed by atoms with Crippen molar-refractivity contribution < 1.29 is 19.4 Å². The number of ether oxygens (including phenoxy) is 2. The van der Waals surface area contributed by atoms with Crippen molar-refractivity contribution >= 4 is 11.7 Å². The first-order valence-corrected chi connectivity index (χ1v) is 5.18. The van der Waals surface area contributed by atoms with Gasteiger partial charge in [0.2, 0.25) is 0 Å². The molecule has 0 bridgehead atoms. The number of aliphatic carboxylic acids is 1. The highest BCUT2D eigenvalue weighted by Crippen LogP contribution is 2.31. The summed E-state index contributed by atoms with van der Waals surface area (Å²) < 4.78 is 10.2. The van der Waals surface area contributed by atoms with Crippen LogP contribution in [0.4, 0.5) is 5.69 Å². The van der Waals surface area contributed by atoms with Crippen LogP contribution in [-0.2, 0) is 4.79 Å². The SMILES string of the molecule is C#C[C@@](C)(Nc1cc(OC)ccc1OC)C(=O)O. The fourth-order valence-corrected chi connectivity index (χ4v) is 1.33. The minimum Gasteiger partial charge on any atom is -0.497 e. The number of methoxy groups -OCH3 is 2. The van der Waals surface area contributed by atoms with Gasteiger partial charge in [-0.25, -0.2) is 4.79 Å². The van der Waals surface area contributed by atoms with Gasteiger partial charge in [-0.1, -0.05) is 5.92 Å². The lowest BCUT2D eigenvalue weighted by molar-refractivity contribution is -0.139. The van der Waals surface area contributed by atoms with Gasteiger partial charge in [-0.15, -0.1) is 6.42 Å². The molecule has 0 saturated carbocycles. The number of terminal acetylenes is 1. The molecule has 0 spiro atoms. The van der Waals surface area contributed by atoms with E-state index in [-0.39, 0.29) is 0 Å². The molecule has 0 aliphatic heterocycles. The highest BCUT2D eigenvalue weighted by molar-refractivity contribution is 5.87. The Kier molecular flexibility index (Phi) is 4.05. The van der Waals surface area contributed by atoms with Crippen LogP contribution in [-0.4, -0.2) is 30.8 Å². The van der Waals surface area contributed by atoms with Gasteiger partial charge in [0, 0.05) is 6.07 Å². The summed E-state index contributed by atoms with van der Waals surface area (Å²) in [5.74, 6) is 2.12. The maximum atomic E-state index is 11.1. The molecule has 5 heteroatoms. The normalized spacial score (nSPS) is 13.0. The summed E-state index contributed by atoms with van der Waals surface area (Å²) >= 11 is 0. The van der Waals surface area contributed by atoms with Gasteiger partial charge >= 0.3 is 5.97 Å². The van der Waals surface area contributed by atoms with E-state index in [1.165, 1.54) is 21.1 Å². The first kappa shape index (κ1) is 13.7. The van der Waals surface area contributed by atoms with E-state index in [4.69, 9.17) is 21.0 Å². The van der Waals surface area contributed by atoms with Crippen molar-refractivity contribution in [3.8, 4) is 23.8 Å². The van der Waals surface area contributed by atoms with Gasteiger partial charge in [0.15, 0.2) is 5.54 Å². The Balaban J connectivity index is 3.16. The number of anilines is 1. The Hall–Kier alpha value is -2.35. The molecule has 0 saturated heterocycles. The molecule has 0 aliphatic rings. The summed E-state index contributed by atoms with van der Waals surface area (Å²) in [6, 6.07) is 5.00. The molecule has 0 fully saturated rings. The standard InChI is InChI=1S/C13H15NO4/c1-5-13(2,12(15)16)14-10-8-9(17-3)6-7-11(10)18-4/h1,6-8,14H,2-4H3,(H,15,16)/t13-/m1/s1. The van der Waals surface area contributed by atoms with Gasteiger partial charge in [0.1, 0.15) is 11.5 Å². The molecule has 0 unspecified atom stereocenters. The molecular formula is C13H15NO4. The molecule has 96 valence electrons. The lowest BCUT2D eigenvalue weighted by Crippen LogP contribution is -2.41. The average molecular weight is 249 g/mol. The largest absolute Gasteiger partial charge is 0.497 e. The molecule has 18 heavy (non-hydrogen) atoms. The zero-order valence-corrected chi connectivity index (χ0v) is 10.5. The summed E-state index contributed by atoms with van der Waals surface area (Å²) in [5, 5.41) is 11.9. The van der Waals surface area contributed by atoms with Crippen LogP contribution in [0.25, 0.3) is 0 Å². The van der Waals surface area contributed by atoms with Gasteiger partial charge in [0.05, 0.1) is 19.9 Å². The monoisotopic (exact) mass is 249 g/mol. The number of hydrogen-bond donors (Lipinski definition) is 2. The quantitative estimate of drug-likeness (QED) is 0.776. The smallest absolute Gasteiger partial charge is 0.341 e. The third-order valence-corrected chi connectivity index (χ3v) is 2.51. The third-order valence-electron chi connectivity index (χ3n) is 2.51. The molecule has 0 amide bonds. The third kappa shape index (κ3) is 2.66. The average Bonchev–Trinajstić information content (AvgIpc) is 2.38. The van der Waals surface area contributed by atoms with Crippen molar-refractivity contribution in [3.63, 3.8) is 0 Å². The van der Waals surface area contributed by atoms with Crippen LogP contribution < -0.4 is 14.8 Å². The van der Waals surface area contributed by atoms with E-state index < -0.39 is 11.5 Å². The van der Waals surface area contributed by atoms with E-state index in [9.17, 15) is 4.79 Å². The van der Waals surface area contributed by atoms with Crippen LogP contribution >= 0.6 is 0 Å². The summed E-state index contributed by atoms with van der Waals surface area (Å²) in [7, 11) is 3.00. The molecule has 5 nitrogen and oxygen atoms in total. The van der Waals surface area contributed by atoms with Crippen molar-refractivity contribution in [3.05, 3.63) is 18.2 Å². The Bertz CT molecular complexity index is 492. The van der Waals surface area contributed by atoms with Crippen LogP contribution in [0.15, 0.2) is 18.2 Å². The summed E-state index contributed by atoms with van der Waals surface area (Å²) in [5.41, 5.74) is -1.06. The van der Waals surface area contributed by atoms with Crippen LogP contribution in [0.3, 0.4) is 0 Å². The number of rotatable bonds is 5. The zero-order valence-electron chi connectivity index (χ0n) is 10.5. The van der Waals surface area contributed by atoms with Gasteiger partial charge in [-0.2, -0.15) is 0 Å².